The van der Waals surface area contributed by atoms with Crippen molar-refractivity contribution in [2.75, 3.05) is 6.61 Å². The van der Waals surface area contributed by atoms with E-state index in [1.807, 2.05) is 7.41 Å². The van der Waals surface area contributed by atoms with E-state index in [1.165, 1.54) is 38.5 Å². The molecule has 5 heteroatoms. The molecule has 139 valence electrons. The summed E-state index contributed by atoms with van der Waals surface area (Å²) in [7, 11) is 0.113. The number of rotatable bonds is 5. The topological polar surface area (TPSA) is 29.5 Å². The molecule has 0 aromatic heterocycles. The second-order valence-corrected chi connectivity index (χ2v) is 15.5. The Bertz CT molecular complexity index is 548. The third kappa shape index (κ3) is 2.48. The molecular formula is C20H35BNO2Si. The maximum absolute atomic E-state index is 11.4. The molecule has 3 aliphatic carbocycles. The van der Waals surface area contributed by atoms with Crippen molar-refractivity contribution in [2.24, 2.45) is 23.2 Å². The number of hydrogen-bond donors (Lipinski definition) is 0. The first-order chi connectivity index (χ1) is 11.7. The van der Waals surface area contributed by atoms with Crippen molar-refractivity contribution >= 4 is 21.9 Å². The predicted octanol–water partition coefficient (Wildman–Crippen LogP) is 4.09. The van der Waals surface area contributed by atoms with Crippen LogP contribution in [0.2, 0.25) is 18.1 Å². The molecule has 0 aromatic rings. The molecule has 4 fully saturated rings. The van der Waals surface area contributed by atoms with Gasteiger partial charge in [-0.15, -0.1) is 0 Å². The Morgan fingerprint density at radius 1 is 1.28 bits per heavy atom. The van der Waals surface area contributed by atoms with Gasteiger partial charge in [0.25, 0.3) is 7.41 Å². The van der Waals surface area contributed by atoms with Gasteiger partial charge in [-0.05, 0) is 73.4 Å². The van der Waals surface area contributed by atoms with Crippen molar-refractivity contribution in [1.29, 1.82) is 0 Å². The second-order valence-electron chi connectivity index (χ2n) is 10.7. The normalized spacial score (nSPS) is 43.3. The van der Waals surface area contributed by atoms with Crippen molar-refractivity contribution in [1.82, 2.24) is 4.81 Å². The largest absolute Gasteiger partial charge is 0.415 e. The molecule has 1 radical (unpaired) electrons. The smallest absolute Gasteiger partial charge is 0.293 e. The van der Waals surface area contributed by atoms with E-state index in [1.54, 1.807) is 0 Å². The second kappa shape index (κ2) is 5.93. The van der Waals surface area contributed by atoms with Crippen molar-refractivity contribution in [3.8, 4) is 0 Å². The van der Waals surface area contributed by atoms with Crippen LogP contribution in [0.15, 0.2) is 0 Å². The van der Waals surface area contributed by atoms with E-state index >= 15 is 0 Å². The van der Waals surface area contributed by atoms with Crippen LogP contribution in [0.3, 0.4) is 0 Å². The van der Waals surface area contributed by atoms with Crippen LogP contribution in [0.1, 0.15) is 59.3 Å². The molecule has 1 heterocycles. The zero-order chi connectivity index (χ0) is 18.0. The standard InChI is InChI=1S/C20H35BNO2Si/c1-19(2,3)25(4,5)24-12-16-18-14-8-9-15(11-14)20(18)10-6-7-17(20)22(16)21-13-23/h13-18H,6-12H2,1-5H3/t14?,15?,16-,17?,18?,20?/m1/s1. The van der Waals surface area contributed by atoms with Crippen LogP contribution in [-0.2, 0) is 9.22 Å². The van der Waals surface area contributed by atoms with Crippen LogP contribution in [0, 0.1) is 23.2 Å². The first-order valence-electron chi connectivity index (χ1n) is 10.4. The summed E-state index contributed by atoms with van der Waals surface area (Å²) in [5.74, 6) is 2.55. The highest BCUT2D eigenvalue weighted by Crippen LogP contribution is 2.71. The number of carbonyl (C=O) groups is 1. The number of carbonyl (C=O) groups excluding carboxylic acids is 1. The average molecular weight is 360 g/mol. The number of nitrogens with zero attached hydrogens (tertiary/aromatic N) is 1. The fourth-order valence-corrected chi connectivity index (χ4v) is 7.96. The quantitative estimate of drug-likeness (QED) is 0.546. The molecule has 0 amide bonds. The lowest BCUT2D eigenvalue weighted by Crippen LogP contribution is -2.49. The maximum Gasteiger partial charge on any atom is 0.293 e. The Hall–Kier alpha value is -0.128. The van der Waals surface area contributed by atoms with Gasteiger partial charge in [0.05, 0.1) is 6.19 Å². The van der Waals surface area contributed by atoms with Crippen molar-refractivity contribution in [3.63, 3.8) is 0 Å². The molecule has 5 unspecified atom stereocenters. The molecule has 3 nitrogen and oxygen atoms in total. The molecule has 3 saturated carbocycles. The van der Waals surface area contributed by atoms with Crippen LogP contribution < -0.4 is 0 Å². The van der Waals surface area contributed by atoms with Gasteiger partial charge in [-0.3, -0.25) is 0 Å². The lowest BCUT2D eigenvalue weighted by atomic mass is 9.64. The first-order valence-corrected chi connectivity index (χ1v) is 13.3. The van der Waals surface area contributed by atoms with Gasteiger partial charge < -0.3 is 14.0 Å². The molecule has 1 saturated heterocycles. The van der Waals surface area contributed by atoms with E-state index in [2.05, 4.69) is 38.7 Å². The SMILES string of the molecule is CC(C)(C)[Si](C)(C)OC[C@@H]1C2C3CCC(C3)C23CCCC3N1[B]C=O. The summed E-state index contributed by atoms with van der Waals surface area (Å²) in [6.07, 6.45) is 9.34. The first kappa shape index (κ1) is 18.2. The third-order valence-electron chi connectivity index (χ3n) is 8.88. The van der Waals surface area contributed by atoms with E-state index < -0.39 is 8.32 Å². The van der Waals surface area contributed by atoms with Gasteiger partial charge in [0.2, 0.25) is 0 Å². The van der Waals surface area contributed by atoms with Crippen LogP contribution >= 0.6 is 0 Å². The Morgan fingerprint density at radius 2 is 2.04 bits per heavy atom. The Balaban J connectivity index is 1.61. The fraction of sp³-hybridized carbons (Fsp3) is 0.950. The van der Waals surface area contributed by atoms with Gasteiger partial charge in [-0.2, -0.15) is 0 Å². The third-order valence-corrected chi connectivity index (χ3v) is 13.4. The summed E-state index contributed by atoms with van der Waals surface area (Å²) >= 11 is 0. The van der Waals surface area contributed by atoms with Crippen molar-refractivity contribution < 1.29 is 9.22 Å². The Kier molecular flexibility index (Phi) is 4.33. The van der Waals surface area contributed by atoms with E-state index in [9.17, 15) is 4.79 Å². The molecule has 2 bridgehead atoms. The lowest BCUT2D eigenvalue weighted by molar-refractivity contribution is 0.0910. The highest BCUT2D eigenvalue weighted by Gasteiger charge is 2.70. The molecular weight excluding hydrogens is 325 g/mol. The molecule has 4 aliphatic rings. The van der Waals surface area contributed by atoms with Crippen molar-refractivity contribution in [3.05, 3.63) is 0 Å². The lowest BCUT2D eigenvalue weighted by Gasteiger charge is -2.41. The Labute approximate surface area is 155 Å². The van der Waals surface area contributed by atoms with Crippen LogP contribution in [0.5, 0.6) is 0 Å². The van der Waals surface area contributed by atoms with Gasteiger partial charge in [-0.25, -0.2) is 0 Å². The predicted molar refractivity (Wildman–Crippen MR) is 106 cm³/mol. The summed E-state index contributed by atoms with van der Waals surface area (Å²) in [5, 5.41) is 0.243. The minimum absolute atomic E-state index is 0.243. The molecule has 4 rings (SSSR count). The Morgan fingerprint density at radius 3 is 2.72 bits per heavy atom. The van der Waals surface area contributed by atoms with Crippen LogP contribution in [0.4, 0.5) is 0 Å². The van der Waals surface area contributed by atoms with Gasteiger partial charge in [-0.1, -0.05) is 27.2 Å². The van der Waals surface area contributed by atoms with Crippen LogP contribution in [0.25, 0.3) is 0 Å². The van der Waals surface area contributed by atoms with Gasteiger partial charge in [0.1, 0.15) is 0 Å². The number of hydrogen-bond acceptors (Lipinski definition) is 3. The summed E-state index contributed by atoms with van der Waals surface area (Å²) < 4.78 is 6.69. The average Bonchev–Trinajstić information content (AvgIpc) is 3.23. The van der Waals surface area contributed by atoms with E-state index in [0.29, 0.717) is 17.5 Å². The molecule has 25 heavy (non-hydrogen) atoms. The monoisotopic (exact) mass is 360 g/mol. The fourth-order valence-electron chi connectivity index (χ4n) is 6.94. The summed E-state index contributed by atoms with van der Waals surface area (Å²) in [4.78, 5) is 13.9. The summed E-state index contributed by atoms with van der Waals surface area (Å²) in [5.41, 5.74) is 0.504. The molecule has 1 spiro atoms. The van der Waals surface area contributed by atoms with E-state index in [0.717, 1.165) is 30.5 Å². The summed E-state index contributed by atoms with van der Waals surface area (Å²) in [6.45, 7) is 12.5. The molecule has 0 aromatic carbocycles. The van der Waals surface area contributed by atoms with E-state index in [4.69, 9.17) is 4.43 Å². The molecule has 6 atom stereocenters. The van der Waals surface area contributed by atoms with Gasteiger partial charge >= 0.3 is 0 Å². The molecule has 0 N–H and O–H groups in total. The minimum Gasteiger partial charge on any atom is -0.415 e. The van der Waals surface area contributed by atoms with Crippen LogP contribution in [-0.4, -0.2) is 45.4 Å². The highest BCUT2D eigenvalue weighted by molar-refractivity contribution is 6.74. The van der Waals surface area contributed by atoms with E-state index in [-0.39, 0.29) is 5.04 Å². The minimum atomic E-state index is -1.76. The van der Waals surface area contributed by atoms with Gasteiger partial charge in [0, 0.05) is 18.7 Å². The zero-order valence-corrected chi connectivity index (χ0v) is 17.8. The van der Waals surface area contributed by atoms with Gasteiger partial charge in [0.15, 0.2) is 8.32 Å². The van der Waals surface area contributed by atoms with Crippen molar-refractivity contribution in [2.45, 2.75) is 89.5 Å². The maximum atomic E-state index is 11.4. The number of fused-ring (bicyclic) bond motifs is 3. The summed E-state index contributed by atoms with van der Waals surface area (Å²) in [6, 6.07) is 1.03. The highest BCUT2D eigenvalue weighted by atomic mass is 28.4. The molecule has 1 aliphatic heterocycles. The zero-order valence-electron chi connectivity index (χ0n) is 16.8.